The molecule has 0 radical (unpaired) electrons. The van der Waals surface area contributed by atoms with Crippen molar-refractivity contribution in [2.75, 3.05) is 7.11 Å². The highest BCUT2D eigenvalue weighted by molar-refractivity contribution is 7.89. The van der Waals surface area contributed by atoms with Crippen molar-refractivity contribution in [3.05, 3.63) is 24.1 Å². The Bertz CT molecular complexity index is 272. The third-order valence-electron chi connectivity index (χ3n) is 0.626. The molecule has 0 aromatic rings. The van der Waals surface area contributed by atoms with E-state index in [0.717, 1.165) is 12.5 Å². The molecule has 0 atom stereocenters. The molecule has 0 unspecified atom stereocenters. The fraction of sp³-hybridized carbons (Fsp3) is 0.286. The van der Waals surface area contributed by atoms with Crippen LogP contribution in [-0.4, -0.2) is 15.5 Å². The van der Waals surface area contributed by atoms with Crippen LogP contribution in [0, 0.1) is 11.3 Å². The van der Waals surface area contributed by atoms with Crippen molar-refractivity contribution in [2.24, 2.45) is 0 Å². The van der Waals surface area contributed by atoms with Gasteiger partial charge < -0.3 is 0 Å². The quantitative estimate of drug-likeness (QED) is 0.483. The van der Waals surface area contributed by atoms with Gasteiger partial charge in [-0.15, -0.1) is 0 Å². The number of hydrogen-bond donors (Lipinski definition) is 0. The van der Waals surface area contributed by atoms with Crippen LogP contribution >= 0.6 is 0 Å². The number of rotatable bonds is 2. The Hall–Kier alpha value is -1.12. The number of allylic oxidation sites excluding steroid dienone is 2. The smallest absolute Gasteiger partial charge is 0.270 e. The van der Waals surface area contributed by atoms with Gasteiger partial charge in [0.1, 0.15) is 0 Å². The van der Waals surface area contributed by atoms with Crippen LogP contribution in [0.25, 0.3) is 0 Å². The summed E-state index contributed by atoms with van der Waals surface area (Å²) in [6, 6.07) is 1.69. The third-order valence-corrected chi connectivity index (χ3v) is 1.70. The lowest BCUT2D eigenvalue weighted by Gasteiger charge is -1.88. The van der Waals surface area contributed by atoms with Crippen LogP contribution in [-0.2, 0) is 14.3 Å². The maximum absolute atomic E-state index is 10.3. The van der Waals surface area contributed by atoms with Crippen LogP contribution < -0.4 is 0 Å². The van der Waals surface area contributed by atoms with E-state index in [9.17, 15) is 8.42 Å². The number of nitrogens with zero attached hydrogens (tertiary/aromatic N) is 1. The number of nitriles is 1. The van der Waals surface area contributed by atoms with Gasteiger partial charge in [-0.3, -0.25) is 4.18 Å². The van der Waals surface area contributed by atoms with E-state index >= 15 is 0 Å². The van der Waals surface area contributed by atoms with Crippen molar-refractivity contribution in [3.63, 3.8) is 0 Å². The number of hydrogen-bond acceptors (Lipinski definition) is 4. The Morgan fingerprint density at radius 1 is 1.58 bits per heavy atom. The van der Waals surface area contributed by atoms with E-state index in [4.69, 9.17) is 5.26 Å². The van der Waals surface area contributed by atoms with Crippen LogP contribution in [0.5, 0.6) is 0 Å². The van der Waals surface area contributed by atoms with E-state index in [1.807, 2.05) is 0 Å². The van der Waals surface area contributed by atoms with Gasteiger partial charge in [-0.05, 0) is 6.92 Å². The summed E-state index contributed by atoms with van der Waals surface area (Å²) in [4.78, 5) is 0. The molecule has 12 heavy (non-hydrogen) atoms. The van der Waals surface area contributed by atoms with Gasteiger partial charge in [0.2, 0.25) is 0 Å². The molecule has 0 aromatic heterocycles. The van der Waals surface area contributed by atoms with Gasteiger partial charge in [0.25, 0.3) is 10.1 Å². The molecule has 5 heteroatoms. The molecule has 0 amide bonds. The van der Waals surface area contributed by atoms with E-state index in [1.165, 1.54) is 12.2 Å². The maximum atomic E-state index is 10.3. The van der Waals surface area contributed by atoms with Gasteiger partial charge >= 0.3 is 0 Å². The Labute approximate surface area is 72.9 Å². The predicted octanol–water partition coefficient (Wildman–Crippen LogP) is 1.19. The SMILES string of the molecule is C=CC#N.CC=CS(=O)(=O)OC. The molecule has 0 saturated heterocycles. The van der Waals surface area contributed by atoms with Gasteiger partial charge in [-0.2, -0.15) is 13.7 Å². The van der Waals surface area contributed by atoms with Crippen LogP contribution in [0.15, 0.2) is 24.1 Å². The molecular formula is C7H11NO3S. The topological polar surface area (TPSA) is 67.2 Å². The Morgan fingerprint density at radius 2 is 2.00 bits per heavy atom. The summed E-state index contributed by atoms with van der Waals surface area (Å²) in [6.07, 6.45) is 2.58. The lowest BCUT2D eigenvalue weighted by atomic mass is 10.8. The Balaban J connectivity index is 0. The molecule has 0 spiro atoms. The summed E-state index contributed by atoms with van der Waals surface area (Å²) in [7, 11) is -2.23. The molecule has 0 heterocycles. The first-order valence-electron chi connectivity index (χ1n) is 2.98. The normalized spacial score (nSPS) is 9.75. The van der Waals surface area contributed by atoms with Gasteiger partial charge in [0.05, 0.1) is 18.6 Å². The fourth-order valence-electron chi connectivity index (χ4n) is 0.222. The zero-order chi connectivity index (χ0) is 10.0. The molecule has 0 rings (SSSR count). The average Bonchev–Trinajstić information content (AvgIpc) is 2.05. The van der Waals surface area contributed by atoms with Crippen LogP contribution in [0.2, 0.25) is 0 Å². The Morgan fingerprint density at radius 3 is 2.08 bits per heavy atom. The monoisotopic (exact) mass is 189 g/mol. The third kappa shape index (κ3) is 11.6. The second kappa shape index (κ2) is 7.98. The highest BCUT2D eigenvalue weighted by Gasteiger charge is 1.97. The predicted molar refractivity (Wildman–Crippen MR) is 46.6 cm³/mol. The van der Waals surface area contributed by atoms with E-state index in [0.29, 0.717) is 0 Å². The highest BCUT2D eigenvalue weighted by atomic mass is 32.2. The van der Waals surface area contributed by atoms with E-state index in [1.54, 1.807) is 13.0 Å². The molecule has 0 aliphatic rings. The molecule has 0 bridgehead atoms. The van der Waals surface area contributed by atoms with Crippen LogP contribution in [0.3, 0.4) is 0 Å². The highest BCUT2D eigenvalue weighted by Crippen LogP contribution is 1.89. The van der Waals surface area contributed by atoms with Crippen molar-refractivity contribution >= 4 is 10.1 Å². The molecule has 68 valence electrons. The van der Waals surface area contributed by atoms with E-state index in [2.05, 4.69) is 10.8 Å². The zero-order valence-corrected chi connectivity index (χ0v) is 7.84. The lowest BCUT2D eigenvalue weighted by Crippen LogP contribution is -1.95. The van der Waals surface area contributed by atoms with E-state index < -0.39 is 10.1 Å². The van der Waals surface area contributed by atoms with Gasteiger partial charge in [0, 0.05) is 6.08 Å². The fourth-order valence-corrected chi connectivity index (χ4v) is 0.667. The van der Waals surface area contributed by atoms with E-state index in [-0.39, 0.29) is 0 Å². The molecule has 0 aromatic carbocycles. The van der Waals surface area contributed by atoms with Crippen LogP contribution in [0.1, 0.15) is 6.92 Å². The van der Waals surface area contributed by atoms with Gasteiger partial charge in [-0.25, -0.2) is 0 Å². The van der Waals surface area contributed by atoms with Gasteiger partial charge in [-0.1, -0.05) is 12.7 Å². The summed E-state index contributed by atoms with van der Waals surface area (Å²) in [5.41, 5.74) is 0. The van der Waals surface area contributed by atoms with Crippen LogP contribution in [0.4, 0.5) is 0 Å². The molecule has 0 N–H and O–H groups in total. The standard InChI is InChI=1S/C4H8O3S.C3H3N/c1-3-4-8(5,6)7-2;1-2-3-4/h3-4H,1-2H3;2H,1H2. The first kappa shape index (κ1) is 13.5. The summed E-state index contributed by atoms with van der Waals surface area (Å²) in [5, 5.41) is 8.50. The molecule has 0 aliphatic heterocycles. The second-order valence-electron chi connectivity index (χ2n) is 1.46. The molecule has 4 nitrogen and oxygen atoms in total. The zero-order valence-electron chi connectivity index (χ0n) is 7.02. The summed E-state index contributed by atoms with van der Waals surface area (Å²) < 4.78 is 24.6. The average molecular weight is 189 g/mol. The maximum Gasteiger partial charge on any atom is 0.289 e. The van der Waals surface area contributed by atoms with Gasteiger partial charge in [0.15, 0.2) is 0 Å². The minimum atomic E-state index is -3.35. The van der Waals surface area contributed by atoms with Crippen molar-refractivity contribution in [3.8, 4) is 6.07 Å². The first-order valence-corrected chi connectivity index (χ1v) is 4.45. The molecule has 0 aliphatic carbocycles. The minimum absolute atomic E-state index is 0.993. The first-order chi connectivity index (χ1) is 5.54. The largest absolute Gasteiger partial charge is 0.289 e. The summed E-state index contributed by atoms with van der Waals surface area (Å²) in [5.74, 6) is 0. The Kier molecular flexibility index (Phi) is 8.96. The minimum Gasteiger partial charge on any atom is -0.270 e. The summed E-state index contributed by atoms with van der Waals surface area (Å²) in [6.45, 7) is 4.73. The van der Waals surface area contributed by atoms with Crippen molar-refractivity contribution in [1.29, 1.82) is 5.26 Å². The molecule has 0 saturated carbocycles. The molecule has 0 fully saturated rings. The second-order valence-corrected chi connectivity index (χ2v) is 3.05. The van der Waals surface area contributed by atoms with Crippen molar-refractivity contribution < 1.29 is 12.6 Å². The lowest BCUT2D eigenvalue weighted by molar-refractivity contribution is 0.406. The molecular weight excluding hydrogens is 178 g/mol. The van der Waals surface area contributed by atoms with Crippen molar-refractivity contribution in [2.45, 2.75) is 6.92 Å². The summed E-state index contributed by atoms with van der Waals surface area (Å²) >= 11 is 0. The van der Waals surface area contributed by atoms with Crippen molar-refractivity contribution in [1.82, 2.24) is 0 Å².